The molecule has 1 aromatic carbocycles. The van der Waals surface area contributed by atoms with Crippen molar-refractivity contribution in [1.29, 1.82) is 0 Å². The normalized spacial score (nSPS) is 10.2. The van der Waals surface area contributed by atoms with Crippen LogP contribution in [0.25, 0.3) is 10.4 Å². The molecule has 0 saturated carbocycles. The second-order valence-corrected chi connectivity index (χ2v) is 4.09. The Morgan fingerprint density at radius 1 is 1.20 bits per heavy atom. The molecule has 0 bridgehead atoms. The fourth-order valence-corrected chi connectivity index (χ4v) is 2.08. The van der Waals surface area contributed by atoms with Crippen molar-refractivity contribution in [2.75, 3.05) is 13.2 Å². The molecular formula is C12H13NOS. The molecule has 0 saturated heterocycles. The first kappa shape index (κ1) is 10.2. The summed E-state index contributed by atoms with van der Waals surface area (Å²) in [6, 6.07) is 12.2. The number of benzene rings is 1. The van der Waals surface area contributed by atoms with Gasteiger partial charge in [0.15, 0.2) is 0 Å². The van der Waals surface area contributed by atoms with Crippen molar-refractivity contribution in [3.63, 3.8) is 0 Å². The van der Waals surface area contributed by atoms with E-state index in [1.54, 1.807) is 11.3 Å². The van der Waals surface area contributed by atoms with E-state index < -0.39 is 0 Å². The third-order valence-electron chi connectivity index (χ3n) is 2.03. The van der Waals surface area contributed by atoms with Crippen LogP contribution in [-0.2, 0) is 0 Å². The topological polar surface area (TPSA) is 35.2 Å². The molecule has 2 rings (SSSR count). The predicted molar refractivity (Wildman–Crippen MR) is 64.3 cm³/mol. The lowest BCUT2D eigenvalue weighted by Gasteiger charge is -2.05. The lowest BCUT2D eigenvalue weighted by molar-refractivity contribution is 0.328. The Bertz CT molecular complexity index is 411. The number of hydrogen-bond acceptors (Lipinski definition) is 3. The lowest BCUT2D eigenvalue weighted by atomic mass is 10.2. The zero-order valence-electron chi connectivity index (χ0n) is 8.35. The van der Waals surface area contributed by atoms with Crippen LogP contribution in [0.4, 0.5) is 0 Å². The number of rotatable bonds is 4. The molecule has 2 aromatic rings. The summed E-state index contributed by atoms with van der Waals surface area (Å²) < 4.78 is 5.47. The first-order valence-corrected chi connectivity index (χ1v) is 5.75. The molecule has 0 amide bonds. The maximum atomic E-state index is 5.47. The molecule has 1 aromatic heterocycles. The van der Waals surface area contributed by atoms with Crippen LogP contribution in [0.5, 0.6) is 5.75 Å². The molecule has 0 atom stereocenters. The highest BCUT2D eigenvalue weighted by molar-refractivity contribution is 7.13. The third-order valence-corrected chi connectivity index (χ3v) is 2.95. The molecule has 2 nitrogen and oxygen atoms in total. The van der Waals surface area contributed by atoms with Crippen LogP contribution in [0.15, 0.2) is 41.8 Å². The van der Waals surface area contributed by atoms with Gasteiger partial charge in [-0.05, 0) is 29.1 Å². The average molecular weight is 219 g/mol. The Hall–Kier alpha value is -1.32. The summed E-state index contributed by atoms with van der Waals surface area (Å²) in [5.41, 5.74) is 6.58. The highest BCUT2D eigenvalue weighted by atomic mass is 32.1. The maximum absolute atomic E-state index is 5.47. The van der Waals surface area contributed by atoms with E-state index in [4.69, 9.17) is 10.5 Å². The van der Waals surface area contributed by atoms with Crippen molar-refractivity contribution >= 4 is 11.3 Å². The Labute approximate surface area is 93.3 Å². The summed E-state index contributed by atoms with van der Waals surface area (Å²) in [4.78, 5) is 1.26. The van der Waals surface area contributed by atoms with Gasteiger partial charge in [0.1, 0.15) is 12.4 Å². The zero-order chi connectivity index (χ0) is 10.5. The molecule has 0 spiro atoms. The summed E-state index contributed by atoms with van der Waals surface area (Å²) in [5.74, 6) is 0.881. The molecule has 1 heterocycles. The first-order chi connectivity index (χ1) is 7.40. The first-order valence-electron chi connectivity index (χ1n) is 4.87. The van der Waals surface area contributed by atoms with Gasteiger partial charge < -0.3 is 10.5 Å². The zero-order valence-corrected chi connectivity index (χ0v) is 9.17. The number of hydrogen-bond donors (Lipinski definition) is 1. The number of thiophene rings is 1. The van der Waals surface area contributed by atoms with E-state index in [1.807, 2.05) is 24.3 Å². The molecule has 0 aliphatic rings. The van der Waals surface area contributed by atoms with Gasteiger partial charge >= 0.3 is 0 Å². The van der Waals surface area contributed by atoms with E-state index in [0.29, 0.717) is 13.2 Å². The summed E-state index contributed by atoms with van der Waals surface area (Å²) in [5, 5.41) is 2.07. The Kier molecular flexibility index (Phi) is 3.37. The van der Waals surface area contributed by atoms with Crippen molar-refractivity contribution < 1.29 is 4.74 Å². The predicted octanol–water partition coefficient (Wildman–Crippen LogP) is 2.75. The van der Waals surface area contributed by atoms with Crippen molar-refractivity contribution in [3.05, 3.63) is 41.8 Å². The molecule has 0 aliphatic heterocycles. The average Bonchev–Trinajstić information content (AvgIpc) is 2.80. The highest BCUT2D eigenvalue weighted by Gasteiger charge is 2.00. The van der Waals surface area contributed by atoms with Crippen LogP contribution >= 0.6 is 11.3 Å². The molecule has 0 aliphatic carbocycles. The van der Waals surface area contributed by atoms with E-state index in [0.717, 1.165) is 5.75 Å². The fraction of sp³-hybridized carbons (Fsp3) is 0.167. The van der Waals surface area contributed by atoms with Crippen LogP contribution in [0.2, 0.25) is 0 Å². The molecule has 2 N–H and O–H groups in total. The molecular weight excluding hydrogens is 206 g/mol. The Balaban J connectivity index is 2.19. The van der Waals surface area contributed by atoms with Crippen LogP contribution in [0.1, 0.15) is 0 Å². The van der Waals surface area contributed by atoms with Gasteiger partial charge in [0.25, 0.3) is 0 Å². The molecule has 0 fully saturated rings. The van der Waals surface area contributed by atoms with Gasteiger partial charge in [-0.15, -0.1) is 11.3 Å². The standard InChI is InChI=1S/C12H13NOS/c13-6-7-14-11-4-1-3-10(9-11)12-5-2-8-15-12/h1-5,8-9H,6-7,13H2. The summed E-state index contributed by atoms with van der Waals surface area (Å²) in [6.45, 7) is 1.11. The molecule has 78 valence electrons. The van der Waals surface area contributed by atoms with E-state index in [-0.39, 0.29) is 0 Å². The van der Waals surface area contributed by atoms with Crippen molar-refractivity contribution in [3.8, 4) is 16.2 Å². The Morgan fingerprint density at radius 2 is 2.13 bits per heavy atom. The molecule has 0 radical (unpaired) electrons. The van der Waals surface area contributed by atoms with Gasteiger partial charge in [0.2, 0.25) is 0 Å². The monoisotopic (exact) mass is 219 g/mol. The minimum Gasteiger partial charge on any atom is -0.492 e. The summed E-state index contributed by atoms with van der Waals surface area (Å²) in [6.07, 6.45) is 0. The molecule has 15 heavy (non-hydrogen) atoms. The van der Waals surface area contributed by atoms with E-state index in [9.17, 15) is 0 Å². The third kappa shape index (κ3) is 2.58. The SMILES string of the molecule is NCCOc1cccc(-c2cccs2)c1. The van der Waals surface area contributed by atoms with Gasteiger partial charge in [0, 0.05) is 11.4 Å². The minimum atomic E-state index is 0.545. The maximum Gasteiger partial charge on any atom is 0.120 e. The quantitative estimate of drug-likeness (QED) is 0.858. The Morgan fingerprint density at radius 3 is 2.87 bits per heavy atom. The summed E-state index contributed by atoms with van der Waals surface area (Å²) in [7, 11) is 0. The van der Waals surface area contributed by atoms with Gasteiger partial charge in [0.05, 0.1) is 0 Å². The van der Waals surface area contributed by atoms with E-state index in [1.165, 1.54) is 10.4 Å². The number of nitrogens with two attached hydrogens (primary N) is 1. The van der Waals surface area contributed by atoms with Crippen LogP contribution in [0.3, 0.4) is 0 Å². The van der Waals surface area contributed by atoms with E-state index >= 15 is 0 Å². The van der Waals surface area contributed by atoms with E-state index in [2.05, 4.69) is 17.5 Å². The fourth-order valence-electron chi connectivity index (χ4n) is 1.36. The highest BCUT2D eigenvalue weighted by Crippen LogP contribution is 2.27. The van der Waals surface area contributed by atoms with Gasteiger partial charge in [-0.2, -0.15) is 0 Å². The smallest absolute Gasteiger partial charge is 0.120 e. The van der Waals surface area contributed by atoms with Gasteiger partial charge in [-0.3, -0.25) is 0 Å². The molecule has 0 unspecified atom stereocenters. The van der Waals surface area contributed by atoms with Crippen molar-refractivity contribution in [2.45, 2.75) is 0 Å². The van der Waals surface area contributed by atoms with Crippen molar-refractivity contribution in [2.24, 2.45) is 5.73 Å². The van der Waals surface area contributed by atoms with Crippen molar-refractivity contribution in [1.82, 2.24) is 0 Å². The largest absolute Gasteiger partial charge is 0.492 e. The van der Waals surface area contributed by atoms with Gasteiger partial charge in [-0.1, -0.05) is 18.2 Å². The lowest BCUT2D eigenvalue weighted by Crippen LogP contribution is -2.10. The van der Waals surface area contributed by atoms with Crippen LogP contribution < -0.4 is 10.5 Å². The molecule has 3 heteroatoms. The van der Waals surface area contributed by atoms with Crippen LogP contribution in [0, 0.1) is 0 Å². The second kappa shape index (κ2) is 4.96. The minimum absolute atomic E-state index is 0.545. The van der Waals surface area contributed by atoms with Gasteiger partial charge in [-0.25, -0.2) is 0 Å². The summed E-state index contributed by atoms with van der Waals surface area (Å²) >= 11 is 1.73. The second-order valence-electron chi connectivity index (χ2n) is 3.14. The number of ether oxygens (including phenoxy) is 1. The van der Waals surface area contributed by atoms with Crippen LogP contribution in [-0.4, -0.2) is 13.2 Å².